The van der Waals surface area contributed by atoms with Crippen molar-refractivity contribution in [2.45, 2.75) is 30.2 Å². The first-order chi connectivity index (χ1) is 9.08. The zero-order chi connectivity index (χ0) is 13.8. The maximum Gasteiger partial charge on any atom is 0.124 e. The molecule has 0 saturated carbocycles. The summed E-state index contributed by atoms with van der Waals surface area (Å²) < 4.78 is 13.6. The van der Waals surface area contributed by atoms with Crippen LogP contribution in [0.15, 0.2) is 46.2 Å². The maximum absolute atomic E-state index is 13.6. The number of nitrogens with one attached hydrogen (secondary N) is 1. The van der Waals surface area contributed by atoms with Gasteiger partial charge in [-0.2, -0.15) is 0 Å². The zero-order valence-electron chi connectivity index (χ0n) is 11.5. The lowest BCUT2D eigenvalue weighted by molar-refractivity contribution is 0.619. The highest BCUT2D eigenvalue weighted by Crippen LogP contribution is 2.31. The molecule has 2 rings (SSSR count). The number of rotatable bonds is 4. The Kier molecular flexibility index (Phi) is 4.61. The van der Waals surface area contributed by atoms with Gasteiger partial charge < -0.3 is 5.32 Å². The number of halogens is 1. The van der Waals surface area contributed by atoms with E-state index in [2.05, 4.69) is 37.4 Å². The second-order valence-electron chi connectivity index (χ2n) is 4.70. The van der Waals surface area contributed by atoms with Crippen molar-refractivity contribution in [3.63, 3.8) is 0 Å². The van der Waals surface area contributed by atoms with Crippen molar-refractivity contribution < 1.29 is 4.39 Å². The summed E-state index contributed by atoms with van der Waals surface area (Å²) in [5.41, 5.74) is 3.44. The summed E-state index contributed by atoms with van der Waals surface area (Å²) in [5, 5.41) is 3.05. The molecule has 0 aliphatic rings. The molecule has 0 saturated heterocycles. The summed E-state index contributed by atoms with van der Waals surface area (Å²) in [5.74, 6) is -0.181. The van der Waals surface area contributed by atoms with E-state index in [0.717, 1.165) is 10.5 Å². The van der Waals surface area contributed by atoms with Gasteiger partial charge in [0.1, 0.15) is 5.82 Å². The van der Waals surface area contributed by atoms with Crippen molar-refractivity contribution in [1.29, 1.82) is 0 Å². The van der Waals surface area contributed by atoms with Gasteiger partial charge in [0.2, 0.25) is 0 Å². The third-order valence-electron chi connectivity index (χ3n) is 2.87. The third-order valence-corrected chi connectivity index (χ3v) is 4.02. The molecular weight excluding hydrogens is 257 g/mol. The number of aryl methyl sites for hydroxylation is 2. The van der Waals surface area contributed by atoms with Crippen molar-refractivity contribution in [3.05, 3.63) is 58.9 Å². The molecule has 0 spiro atoms. The van der Waals surface area contributed by atoms with Crippen LogP contribution in [-0.4, -0.2) is 7.05 Å². The SMILES string of the molecule is CNCc1cc(F)cc(Sc2ccc(C)cc2C)c1. The van der Waals surface area contributed by atoms with Crippen LogP contribution >= 0.6 is 11.8 Å². The minimum Gasteiger partial charge on any atom is -0.316 e. The topological polar surface area (TPSA) is 12.0 Å². The van der Waals surface area contributed by atoms with E-state index in [1.54, 1.807) is 23.9 Å². The highest BCUT2D eigenvalue weighted by Gasteiger charge is 2.05. The summed E-state index contributed by atoms with van der Waals surface area (Å²) in [7, 11) is 1.86. The molecular formula is C16H18FNS. The van der Waals surface area contributed by atoms with Gasteiger partial charge in [-0.15, -0.1) is 0 Å². The monoisotopic (exact) mass is 275 g/mol. The molecule has 0 unspecified atom stereocenters. The molecule has 0 atom stereocenters. The molecule has 100 valence electrons. The Balaban J connectivity index is 2.27. The minimum absolute atomic E-state index is 0.181. The van der Waals surface area contributed by atoms with E-state index in [4.69, 9.17) is 0 Å². The van der Waals surface area contributed by atoms with Crippen LogP contribution < -0.4 is 5.32 Å². The Morgan fingerprint density at radius 1 is 1.11 bits per heavy atom. The van der Waals surface area contributed by atoms with E-state index in [9.17, 15) is 4.39 Å². The van der Waals surface area contributed by atoms with Gasteiger partial charge in [0, 0.05) is 16.3 Å². The highest BCUT2D eigenvalue weighted by molar-refractivity contribution is 7.99. The van der Waals surface area contributed by atoms with Crippen LogP contribution in [0.25, 0.3) is 0 Å². The highest BCUT2D eigenvalue weighted by atomic mass is 32.2. The van der Waals surface area contributed by atoms with Gasteiger partial charge in [-0.05, 0) is 56.3 Å². The van der Waals surface area contributed by atoms with Crippen LogP contribution in [0.3, 0.4) is 0 Å². The molecule has 0 aliphatic carbocycles. The average Bonchev–Trinajstić information content (AvgIpc) is 2.32. The molecule has 1 N–H and O–H groups in total. The van der Waals surface area contributed by atoms with Gasteiger partial charge in [0.15, 0.2) is 0 Å². The minimum atomic E-state index is -0.181. The second-order valence-corrected chi connectivity index (χ2v) is 5.81. The number of hydrogen-bond donors (Lipinski definition) is 1. The van der Waals surface area contributed by atoms with Gasteiger partial charge in [0.25, 0.3) is 0 Å². The molecule has 2 aromatic carbocycles. The molecule has 0 bridgehead atoms. The fourth-order valence-corrected chi connectivity index (χ4v) is 3.02. The summed E-state index contributed by atoms with van der Waals surface area (Å²) >= 11 is 1.61. The van der Waals surface area contributed by atoms with E-state index >= 15 is 0 Å². The first kappa shape index (κ1) is 14.1. The maximum atomic E-state index is 13.6. The van der Waals surface area contributed by atoms with E-state index in [-0.39, 0.29) is 5.82 Å². The Labute approximate surface area is 118 Å². The molecule has 0 radical (unpaired) electrons. The van der Waals surface area contributed by atoms with Crippen molar-refractivity contribution in [2.24, 2.45) is 0 Å². The van der Waals surface area contributed by atoms with E-state index < -0.39 is 0 Å². The number of benzene rings is 2. The Bertz CT molecular complexity index is 581. The lowest BCUT2D eigenvalue weighted by Crippen LogP contribution is -2.05. The molecule has 3 heteroatoms. The summed E-state index contributed by atoms with van der Waals surface area (Å²) in [4.78, 5) is 2.11. The standard InChI is InChI=1S/C16H18FNS/c1-11-4-5-16(12(2)6-11)19-15-8-13(10-18-3)7-14(17)9-15/h4-9,18H,10H2,1-3H3. The fourth-order valence-electron chi connectivity index (χ4n) is 2.03. The van der Waals surface area contributed by atoms with Crippen molar-refractivity contribution in [2.75, 3.05) is 7.05 Å². The first-order valence-corrected chi connectivity index (χ1v) is 7.09. The van der Waals surface area contributed by atoms with Gasteiger partial charge >= 0.3 is 0 Å². The molecule has 2 aromatic rings. The molecule has 0 aliphatic heterocycles. The van der Waals surface area contributed by atoms with Gasteiger partial charge in [0.05, 0.1) is 0 Å². The zero-order valence-corrected chi connectivity index (χ0v) is 12.3. The lowest BCUT2D eigenvalue weighted by atomic mass is 10.2. The number of hydrogen-bond acceptors (Lipinski definition) is 2. The van der Waals surface area contributed by atoms with Crippen LogP contribution in [0.4, 0.5) is 4.39 Å². The lowest BCUT2D eigenvalue weighted by Gasteiger charge is -2.08. The van der Waals surface area contributed by atoms with Crippen LogP contribution in [0.2, 0.25) is 0 Å². The summed E-state index contributed by atoms with van der Waals surface area (Å²) in [6, 6.07) is 11.5. The van der Waals surface area contributed by atoms with Gasteiger partial charge in [-0.25, -0.2) is 4.39 Å². The summed E-state index contributed by atoms with van der Waals surface area (Å²) in [6.07, 6.45) is 0. The van der Waals surface area contributed by atoms with Gasteiger partial charge in [-0.1, -0.05) is 29.5 Å². The predicted molar refractivity (Wildman–Crippen MR) is 79.2 cm³/mol. The van der Waals surface area contributed by atoms with Crippen LogP contribution in [0.1, 0.15) is 16.7 Å². The van der Waals surface area contributed by atoms with E-state index in [1.807, 2.05) is 13.1 Å². The normalized spacial score (nSPS) is 10.7. The van der Waals surface area contributed by atoms with E-state index in [1.165, 1.54) is 16.0 Å². The average molecular weight is 275 g/mol. The molecule has 0 amide bonds. The van der Waals surface area contributed by atoms with Crippen molar-refractivity contribution in [1.82, 2.24) is 5.32 Å². The van der Waals surface area contributed by atoms with E-state index in [0.29, 0.717) is 6.54 Å². The molecule has 0 aromatic heterocycles. The van der Waals surface area contributed by atoms with Crippen molar-refractivity contribution >= 4 is 11.8 Å². The van der Waals surface area contributed by atoms with Crippen molar-refractivity contribution in [3.8, 4) is 0 Å². The second kappa shape index (κ2) is 6.22. The van der Waals surface area contributed by atoms with Crippen LogP contribution in [0, 0.1) is 19.7 Å². The quantitative estimate of drug-likeness (QED) is 0.892. The summed E-state index contributed by atoms with van der Waals surface area (Å²) in [6.45, 7) is 4.84. The fraction of sp³-hybridized carbons (Fsp3) is 0.250. The first-order valence-electron chi connectivity index (χ1n) is 6.27. The Morgan fingerprint density at radius 2 is 1.89 bits per heavy atom. The third kappa shape index (κ3) is 3.82. The Morgan fingerprint density at radius 3 is 2.58 bits per heavy atom. The molecule has 0 heterocycles. The molecule has 0 fully saturated rings. The smallest absolute Gasteiger partial charge is 0.124 e. The molecule has 1 nitrogen and oxygen atoms in total. The van der Waals surface area contributed by atoms with Crippen LogP contribution in [-0.2, 0) is 6.54 Å². The van der Waals surface area contributed by atoms with Gasteiger partial charge in [-0.3, -0.25) is 0 Å². The molecule has 19 heavy (non-hydrogen) atoms. The Hall–Kier alpha value is -1.32. The largest absolute Gasteiger partial charge is 0.316 e. The van der Waals surface area contributed by atoms with Crippen LogP contribution in [0.5, 0.6) is 0 Å². The predicted octanol–water partition coefficient (Wildman–Crippen LogP) is 4.31.